The lowest BCUT2D eigenvalue weighted by molar-refractivity contribution is -0.138. The zero-order valence-electron chi connectivity index (χ0n) is 18.8. The fraction of sp³-hybridized carbons (Fsp3) is 0.773. The van der Waals surface area contributed by atoms with Crippen molar-refractivity contribution in [2.24, 2.45) is 18.9 Å². The van der Waals surface area contributed by atoms with Crippen LogP contribution >= 0.6 is 0 Å². The Labute approximate surface area is 184 Å². The Bertz CT molecular complexity index is 776. The maximum Gasteiger partial charge on any atom is 0.225 e. The van der Waals surface area contributed by atoms with Crippen LogP contribution < -0.4 is 5.32 Å². The number of aryl methyl sites for hydroxylation is 1. The van der Waals surface area contributed by atoms with E-state index in [1.165, 1.54) is 0 Å². The molecule has 0 aromatic carbocycles. The number of amides is 2. The number of ether oxygens (including phenoxy) is 2. The number of carbonyl (C=O) groups is 2. The van der Waals surface area contributed by atoms with E-state index in [2.05, 4.69) is 15.3 Å². The molecule has 0 radical (unpaired) electrons. The van der Waals surface area contributed by atoms with Crippen molar-refractivity contribution in [3.05, 3.63) is 18.0 Å². The number of nitrogens with zero attached hydrogens (tertiary/aromatic N) is 4. The van der Waals surface area contributed by atoms with E-state index < -0.39 is 0 Å². The van der Waals surface area contributed by atoms with Gasteiger partial charge in [-0.2, -0.15) is 5.10 Å². The van der Waals surface area contributed by atoms with Gasteiger partial charge in [0.05, 0.1) is 38.0 Å². The molecule has 1 aromatic heterocycles. The van der Waals surface area contributed by atoms with Crippen LogP contribution in [0.15, 0.2) is 12.3 Å². The molecule has 4 atom stereocenters. The molecule has 9 heteroatoms. The second-order valence-corrected chi connectivity index (χ2v) is 9.28. The quantitative estimate of drug-likeness (QED) is 0.670. The van der Waals surface area contributed by atoms with E-state index in [9.17, 15) is 9.59 Å². The molecule has 9 nitrogen and oxygen atoms in total. The Hall–Kier alpha value is -1.97. The molecule has 0 spiro atoms. The first-order valence-corrected chi connectivity index (χ1v) is 11.4. The van der Waals surface area contributed by atoms with Crippen molar-refractivity contribution in [2.45, 2.75) is 51.4 Å². The first-order chi connectivity index (χ1) is 14.9. The van der Waals surface area contributed by atoms with Crippen molar-refractivity contribution in [1.29, 1.82) is 0 Å². The predicted molar refractivity (Wildman–Crippen MR) is 114 cm³/mol. The van der Waals surface area contributed by atoms with Crippen molar-refractivity contribution >= 4 is 11.8 Å². The van der Waals surface area contributed by atoms with Crippen LogP contribution in [0.4, 0.5) is 0 Å². The highest BCUT2D eigenvalue weighted by Gasteiger charge is 2.51. The number of likely N-dealkylation sites (tertiary alicyclic amines) is 1. The third kappa shape index (κ3) is 5.10. The second kappa shape index (κ2) is 9.67. The Morgan fingerprint density at radius 2 is 2.03 bits per heavy atom. The first-order valence-electron chi connectivity index (χ1n) is 11.4. The fourth-order valence-corrected chi connectivity index (χ4v) is 5.29. The van der Waals surface area contributed by atoms with Crippen molar-refractivity contribution < 1.29 is 19.1 Å². The molecule has 31 heavy (non-hydrogen) atoms. The zero-order valence-corrected chi connectivity index (χ0v) is 18.8. The number of nitrogens with one attached hydrogen (secondary N) is 1. The van der Waals surface area contributed by atoms with E-state index in [-0.39, 0.29) is 41.8 Å². The van der Waals surface area contributed by atoms with Gasteiger partial charge in [0.15, 0.2) is 0 Å². The van der Waals surface area contributed by atoms with Crippen LogP contribution in [0.2, 0.25) is 0 Å². The molecule has 4 heterocycles. The van der Waals surface area contributed by atoms with Gasteiger partial charge in [0.1, 0.15) is 0 Å². The van der Waals surface area contributed by atoms with Gasteiger partial charge < -0.3 is 19.7 Å². The van der Waals surface area contributed by atoms with Crippen LogP contribution in [0.1, 0.15) is 32.4 Å². The number of carbonyl (C=O) groups excluding carboxylic acids is 2. The van der Waals surface area contributed by atoms with Crippen LogP contribution in [-0.2, 0) is 32.7 Å². The van der Waals surface area contributed by atoms with E-state index >= 15 is 0 Å². The summed E-state index contributed by atoms with van der Waals surface area (Å²) in [6.45, 7) is 8.65. The van der Waals surface area contributed by atoms with Crippen molar-refractivity contribution in [3.8, 4) is 0 Å². The second-order valence-electron chi connectivity index (χ2n) is 9.28. The van der Waals surface area contributed by atoms with Crippen LogP contribution in [-0.4, -0.2) is 89.0 Å². The number of rotatable bonds is 7. The standard InChI is InChI=1S/C22H35N5O4/c1-15(2)24-20(28)10-16-12-27(13-17-4-5-23-25(17)3)18-14-31-19(22(16)18)11-21(29)26-6-8-30-9-7-26/h4-5,15-16,18-19,22H,6-14H2,1-3H3,(H,24,28)/t16-,18-,19+,22-/m1/s1. The zero-order chi connectivity index (χ0) is 22.0. The van der Waals surface area contributed by atoms with Crippen molar-refractivity contribution in [2.75, 3.05) is 39.5 Å². The molecule has 2 amide bonds. The van der Waals surface area contributed by atoms with E-state index in [1.807, 2.05) is 42.7 Å². The van der Waals surface area contributed by atoms with Gasteiger partial charge in [-0.25, -0.2) is 0 Å². The van der Waals surface area contributed by atoms with E-state index in [0.29, 0.717) is 45.8 Å². The minimum absolute atomic E-state index is 0.0753. The minimum Gasteiger partial charge on any atom is -0.378 e. The molecule has 3 fully saturated rings. The highest BCUT2D eigenvalue weighted by Crippen LogP contribution is 2.42. The lowest BCUT2D eigenvalue weighted by atomic mass is 9.84. The molecule has 3 aliphatic rings. The molecule has 4 rings (SSSR count). The Morgan fingerprint density at radius 1 is 1.26 bits per heavy atom. The molecular weight excluding hydrogens is 398 g/mol. The van der Waals surface area contributed by atoms with Gasteiger partial charge in [-0.3, -0.25) is 19.2 Å². The summed E-state index contributed by atoms with van der Waals surface area (Å²) in [5.74, 6) is 0.550. The molecule has 172 valence electrons. The topological polar surface area (TPSA) is 88.9 Å². The molecule has 0 aliphatic carbocycles. The third-order valence-electron chi connectivity index (χ3n) is 6.76. The van der Waals surface area contributed by atoms with E-state index in [4.69, 9.17) is 9.47 Å². The summed E-state index contributed by atoms with van der Waals surface area (Å²) in [5.41, 5.74) is 1.14. The van der Waals surface area contributed by atoms with Crippen LogP contribution in [0.25, 0.3) is 0 Å². The normalized spacial score (nSPS) is 28.8. The van der Waals surface area contributed by atoms with E-state index in [1.54, 1.807) is 0 Å². The van der Waals surface area contributed by atoms with Gasteiger partial charge in [-0.15, -0.1) is 0 Å². The van der Waals surface area contributed by atoms with Gasteiger partial charge in [0.2, 0.25) is 11.8 Å². The van der Waals surface area contributed by atoms with Gasteiger partial charge >= 0.3 is 0 Å². The summed E-state index contributed by atoms with van der Waals surface area (Å²) in [5, 5.41) is 7.31. The minimum atomic E-state index is -0.145. The highest BCUT2D eigenvalue weighted by molar-refractivity contribution is 5.77. The summed E-state index contributed by atoms with van der Waals surface area (Å²) in [6.07, 6.45) is 2.51. The summed E-state index contributed by atoms with van der Waals surface area (Å²) in [7, 11) is 1.95. The monoisotopic (exact) mass is 433 g/mol. The molecule has 0 bridgehead atoms. The van der Waals surface area contributed by atoms with Crippen LogP contribution in [0.3, 0.4) is 0 Å². The fourth-order valence-electron chi connectivity index (χ4n) is 5.29. The summed E-state index contributed by atoms with van der Waals surface area (Å²) < 4.78 is 13.4. The summed E-state index contributed by atoms with van der Waals surface area (Å²) in [6, 6.07) is 2.37. The molecular formula is C22H35N5O4. The SMILES string of the molecule is CC(C)NC(=O)C[C@@H]1CN(Cc2ccnn2C)[C@@H]2CO[C@@H](CC(=O)N3CCOCC3)[C@H]12. The van der Waals surface area contributed by atoms with Crippen LogP contribution in [0.5, 0.6) is 0 Å². The molecule has 0 saturated carbocycles. The maximum absolute atomic E-state index is 12.9. The molecule has 3 saturated heterocycles. The van der Waals surface area contributed by atoms with Gasteiger partial charge in [0.25, 0.3) is 0 Å². The van der Waals surface area contributed by atoms with Gasteiger partial charge in [-0.1, -0.05) is 0 Å². The Morgan fingerprint density at radius 3 is 2.71 bits per heavy atom. The van der Waals surface area contributed by atoms with Crippen molar-refractivity contribution in [1.82, 2.24) is 24.9 Å². The summed E-state index contributed by atoms with van der Waals surface area (Å²) in [4.78, 5) is 29.8. The van der Waals surface area contributed by atoms with Gasteiger partial charge in [0, 0.05) is 63.8 Å². The lowest BCUT2D eigenvalue weighted by Crippen LogP contribution is -2.43. The predicted octanol–water partition coefficient (Wildman–Crippen LogP) is 0.399. The average Bonchev–Trinajstić information content (AvgIpc) is 3.41. The Kier molecular flexibility index (Phi) is 6.93. The maximum atomic E-state index is 12.9. The molecule has 1 aromatic rings. The van der Waals surface area contributed by atoms with E-state index in [0.717, 1.165) is 18.8 Å². The third-order valence-corrected chi connectivity index (χ3v) is 6.76. The summed E-state index contributed by atoms with van der Waals surface area (Å²) >= 11 is 0. The molecule has 3 aliphatic heterocycles. The Balaban J connectivity index is 1.46. The van der Waals surface area contributed by atoms with Gasteiger partial charge in [-0.05, 0) is 25.8 Å². The number of fused-ring (bicyclic) bond motifs is 1. The lowest BCUT2D eigenvalue weighted by Gasteiger charge is -2.29. The molecule has 0 unspecified atom stereocenters. The first kappa shape index (κ1) is 22.2. The average molecular weight is 434 g/mol. The highest BCUT2D eigenvalue weighted by atomic mass is 16.5. The largest absolute Gasteiger partial charge is 0.378 e. The van der Waals surface area contributed by atoms with Crippen LogP contribution in [0, 0.1) is 11.8 Å². The number of hydrogen-bond acceptors (Lipinski definition) is 6. The number of hydrogen-bond donors (Lipinski definition) is 1. The number of morpholine rings is 1. The molecule has 1 N–H and O–H groups in total. The smallest absolute Gasteiger partial charge is 0.225 e. The number of aromatic nitrogens is 2. The van der Waals surface area contributed by atoms with Crippen molar-refractivity contribution in [3.63, 3.8) is 0 Å².